The maximum atomic E-state index is 11.7. The molecular formula is C38H37IrN2O2-. The summed E-state index contributed by atoms with van der Waals surface area (Å²) >= 11 is 0. The molecule has 0 atom stereocenters. The Balaban J connectivity index is 0.000000201. The van der Waals surface area contributed by atoms with Gasteiger partial charge in [-0.1, -0.05) is 93.1 Å². The van der Waals surface area contributed by atoms with Crippen molar-refractivity contribution in [1.82, 2.24) is 9.38 Å². The SMILES string of the molecule is CCC(CC)C(=O)/C=C(\O)C(CC)CC.[Ir].[c-]1c2ccccc2cc2c1c1nccc3ccc4c5ccccc5n2c4c31. The fourth-order valence-corrected chi connectivity index (χ4v) is 6.45. The zero-order valence-corrected chi connectivity index (χ0v) is 27.5. The van der Waals surface area contributed by atoms with E-state index in [1.165, 1.54) is 49.6 Å². The van der Waals surface area contributed by atoms with Crippen LogP contribution in [0.5, 0.6) is 0 Å². The number of carbonyl (C=O) groups is 1. The van der Waals surface area contributed by atoms with E-state index in [0.717, 1.165) is 42.0 Å². The smallest absolute Gasteiger partial charge is 0.162 e. The Morgan fingerprint density at radius 2 is 1.53 bits per heavy atom. The summed E-state index contributed by atoms with van der Waals surface area (Å²) in [7, 11) is 0. The number of rotatable bonds is 7. The van der Waals surface area contributed by atoms with Gasteiger partial charge in [0, 0.05) is 71.5 Å². The molecule has 4 aromatic carbocycles. The van der Waals surface area contributed by atoms with E-state index in [9.17, 15) is 9.90 Å². The van der Waals surface area contributed by atoms with Gasteiger partial charge in [0.25, 0.3) is 0 Å². The van der Waals surface area contributed by atoms with Crippen molar-refractivity contribution < 1.29 is 30.0 Å². The number of aliphatic hydroxyl groups excluding tert-OH is 1. The first-order valence-electron chi connectivity index (χ1n) is 15.2. The monoisotopic (exact) mass is 746 g/mol. The van der Waals surface area contributed by atoms with Gasteiger partial charge in [0.15, 0.2) is 5.78 Å². The number of aromatic nitrogens is 2. The summed E-state index contributed by atoms with van der Waals surface area (Å²) in [5.41, 5.74) is 4.69. The van der Waals surface area contributed by atoms with Gasteiger partial charge in [-0.05, 0) is 54.1 Å². The molecule has 0 aliphatic rings. The van der Waals surface area contributed by atoms with Crippen LogP contribution in [-0.2, 0) is 24.9 Å². The number of para-hydroxylation sites is 1. The third-order valence-electron chi connectivity index (χ3n) is 8.89. The average molecular weight is 746 g/mol. The van der Waals surface area contributed by atoms with Crippen LogP contribution < -0.4 is 0 Å². The van der Waals surface area contributed by atoms with Crippen LogP contribution in [0, 0.1) is 17.9 Å². The first-order chi connectivity index (χ1) is 20.5. The van der Waals surface area contributed by atoms with E-state index in [2.05, 4.69) is 83.3 Å². The quantitative estimate of drug-likeness (QED) is 0.0581. The van der Waals surface area contributed by atoms with Gasteiger partial charge in [0.2, 0.25) is 0 Å². The van der Waals surface area contributed by atoms with Gasteiger partial charge in [0.05, 0.1) is 5.76 Å². The van der Waals surface area contributed by atoms with Crippen molar-refractivity contribution in [1.29, 1.82) is 0 Å². The third kappa shape index (κ3) is 5.30. The Kier molecular flexibility index (Phi) is 9.15. The first kappa shape index (κ1) is 30.7. The number of ketones is 1. The van der Waals surface area contributed by atoms with Crippen LogP contribution in [0.2, 0.25) is 0 Å². The van der Waals surface area contributed by atoms with Gasteiger partial charge in [-0.2, -0.15) is 0 Å². The second-order valence-electron chi connectivity index (χ2n) is 11.2. The maximum absolute atomic E-state index is 11.7. The Morgan fingerprint density at radius 1 is 0.837 bits per heavy atom. The topological polar surface area (TPSA) is 54.6 Å². The molecular weight excluding hydrogens is 709 g/mol. The van der Waals surface area contributed by atoms with Crippen LogP contribution in [0.1, 0.15) is 53.4 Å². The molecule has 3 heterocycles. The van der Waals surface area contributed by atoms with Crippen molar-refractivity contribution in [2.45, 2.75) is 53.4 Å². The molecule has 0 unspecified atom stereocenters. The maximum Gasteiger partial charge on any atom is 0.162 e. The van der Waals surface area contributed by atoms with E-state index in [1.54, 1.807) is 0 Å². The molecule has 0 saturated heterocycles. The number of pyridine rings is 2. The van der Waals surface area contributed by atoms with Gasteiger partial charge in [0.1, 0.15) is 0 Å². The Morgan fingerprint density at radius 3 is 2.28 bits per heavy atom. The van der Waals surface area contributed by atoms with Crippen molar-refractivity contribution in [2.75, 3.05) is 0 Å². The fraction of sp³-hybridized carbons (Fsp3) is 0.263. The first-order valence-corrected chi connectivity index (χ1v) is 15.2. The molecule has 0 saturated carbocycles. The van der Waals surface area contributed by atoms with Gasteiger partial charge >= 0.3 is 0 Å². The van der Waals surface area contributed by atoms with Crippen LogP contribution >= 0.6 is 0 Å². The molecule has 1 radical (unpaired) electrons. The van der Waals surface area contributed by atoms with Crippen LogP contribution in [0.4, 0.5) is 0 Å². The molecule has 7 rings (SSSR count). The summed E-state index contributed by atoms with van der Waals surface area (Å²) in [4.78, 5) is 16.5. The van der Waals surface area contributed by atoms with Crippen molar-refractivity contribution in [3.63, 3.8) is 0 Å². The molecule has 0 fully saturated rings. The molecule has 0 aliphatic carbocycles. The largest absolute Gasteiger partial charge is 0.512 e. The van der Waals surface area contributed by atoms with E-state index in [4.69, 9.17) is 4.98 Å². The second kappa shape index (κ2) is 12.8. The van der Waals surface area contributed by atoms with Crippen LogP contribution in [0.3, 0.4) is 0 Å². The number of allylic oxidation sites excluding steroid dienone is 2. The third-order valence-corrected chi connectivity index (χ3v) is 8.89. The van der Waals surface area contributed by atoms with Gasteiger partial charge < -0.3 is 9.51 Å². The average Bonchev–Trinajstić information content (AvgIpc) is 3.36. The zero-order valence-electron chi connectivity index (χ0n) is 25.1. The molecule has 221 valence electrons. The van der Waals surface area contributed by atoms with Crippen LogP contribution in [0.25, 0.3) is 59.8 Å². The fourth-order valence-electron chi connectivity index (χ4n) is 6.45. The predicted octanol–water partition coefficient (Wildman–Crippen LogP) is 10.2. The van der Waals surface area contributed by atoms with Crippen molar-refractivity contribution in [3.05, 3.63) is 96.9 Å². The summed E-state index contributed by atoms with van der Waals surface area (Å²) in [5.74, 6) is 0.547. The summed E-state index contributed by atoms with van der Waals surface area (Å²) in [6, 6.07) is 29.6. The molecule has 7 aromatic rings. The summed E-state index contributed by atoms with van der Waals surface area (Å²) in [5, 5.41) is 18.2. The van der Waals surface area contributed by atoms with Crippen molar-refractivity contribution in [2.24, 2.45) is 11.8 Å². The number of aliphatic hydroxyl groups is 1. The normalized spacial score (nSPS) is 12.2. The standard InChI is InChI=1S/C25H13N2.C13H24O2.Ir/c1-2-6-17-14-22-20(13-16(17)5-1)24-23-15(11-12-26-24)9-10-19-18-7-3-4-8-21(18)27(22)25(19)23;1-5-10(6-2)12(14)9-13(15)11(7-3)8-4;/h1-12,14H;9-11,14H,5-8H2,1-4H3;/q-1;;/b;12-9-;. The van der Waals surface area contributed by atoms with E-state index < -0.39 is 0 Å². The number of benzene rings is 4. The summed E-state index contributed by atoms with van der Waals surface area (Å²) in [6.45, 7) is 8.07. The van der Waals surface area contributed by atoms with E-state index in [-0.39, 0.29) is 43.5 Å². The minimum absolute atomic E-state index is 0. The van der Waals surface area contributed by atoms with Gasteiger partial charge in [-0.3, -0.25) is 9.78 Å². The van der Waals surface area contributed by atoms with Crippen molar-refractivity contribution >= 4 is 65.6 Å². The molecule has 5 heteroatoms. The molecule has 0 spiro atoms. The summed E-state index contributed by atoms with van der Waals surface area (Å²) in [6.07, 6.45) is 6.82. The molecule has 0 amide bonds. The Bertz CT molecular complexity index is 2080. The van der Waals surface area contributed by atoms with Crippen LogP contribution in [0.15, 0.2) is 90.8 Å². The molecule has 43 heavy (non-hydrogen) atoms. The molecule has 4 nitrogen and oxygen atoms in total. The van der Waals surface area contributed by atoms with Crippen molar-refractivity contribution in [3.8, 4) is 0 Å². The predicted molar refractivity (Wildman–Crippen MR) is 177 cm³/mol. The number of carbonyl (C=O) groups excluding carboxylic acids is 1. The van der Waals surface area contributed by atoms with E-state index in [1.807, 2.05) is 33.9 Å². The number of nitrogens with zero attached hydrogens (tertiary/aromatic N) is 2. The minimum atomic E-state index is 0. The number of hydrogen-bond donors (Lipinski definition) is 1. The molecule has 1 N–H and O–H groups in total. The molecule has 0 bridgehead atoms. The Hall–Kier alpha value is -3.79. The summed E-state index contributed by atoms with van der Waals surface area (Å²) < 4.78 is 2.40. The van der Waals surface area contributed by atoms with Gasteiger partial charge in [-0.25, -0.2) is 0 Å². The zero-order chi connectivity index (χ0) is 29.4. The molecule has 0 aliphatic heterocycles. The van der Waals surface area contributed by atoms with Gasteiger partial charge in [-0.15, -0.1) is 17.5 Å². The Labute approximate surface area is 266 Å². The van der Waals surface area contributed by atoms with E-state index >= 15 is 0 Å². The van der Waals surface area contributed by atoms with E-state index in [0.29, 0.717) is 0 Å². The molecule has 3 aromatic heterocycles. The number of fused-ring (bicyclic) bond motifs is 7. The minimum Gasteiger partial charge on any atom is -0.512 e. The number of hydrogen-bond acceptors (Lipinski definition) is 3. The second-order valence-corrected chi connectivity index (χ2v) is 11.2. The van der Waals surface area contributed by atoms with Crippen LogP contribution in [-0.4, -0.2) is 20.3 Å².